The lowest BCUT2D eigenvalue weighted by molar-refractivity contribution is 0.121. The molecule has 0 spiro atoms. The van der Waals surface area contributed by atoms with Gasteiger partial charge in [-0.15, -0.1) is 0 Å². The minimum Gasteiger partial charge on any atom is -0.449 e. The zero-order valence-electron chi connectivity index (χ0n) is 11.0. The van der Waals surface area contributed by atoms with Gasteiger partial charge >= 0.3 is 6.09 Å². The van der Waals surface area contributed by atoms with Crippen LogP contribution in [-0.2, 0) is 10.2 Å². The van der Waals surface area contributed by atoms with Crippen molar-refractivity contribution in [1.29, 1.82) is 0 Å². The summed E-state index contributed by atoms with van der Waals surface area (Å²) in [6.45, 7) is 8.30. The number of hydrogen-bond donors (Lipinski definition) is 1. The second kappa shape index (κ2) is 5.71. The molecule has 0 aliphatic rings. The number of carbonyl (C=O) groups is 1. The fraction of sp³-hybridized carbons (Fsp3) is 0.500. The maximum absolute atomic E-state index is 11.4. The van der Waals surface area contributed by atoms with E-state index >= 15 is 0 Å². The Kier molecular flexibility index (Phi) is 4.55. The Bertz CT molecular complexity index is 358. The van der Waals surface area contributed by atoms with E-state index in [0.29, 0.717) is 6.61 Å². The van der Waals surface area contributed by atoms with Gasteiger partial charge in [-0.2, -0.15) is 0 Å². The van der Waals surface area contributed by atoms with Crippen molar-refractivity contribution in [3.63, 3.8) is 0 Å². The van der Waals surface area contributed by atoms with E-state index in [1.54, 1.807) is 0 Å². The van der Waals surface area contributed by atoms with E-state index in [1.165, 1.54) is 0 Å². The van der Waals surface area contributed by atoms with Gasteiger partial charge in [0.05, 0.1) is 0 Å². The summed E-state index contributed by atoms with van der Waals surface area (Å²) in [7, 11) is 0. The average molecular weight is 235 g/mol. The first-order chi connectivity index (χ1) is 7.92. The molecule has 1 aromatic carbocycles. The highest BCUT2D eigenvalue weighted by Gasteiger charge is 2.22. The van der Waals surface area contributed by atoms with Gasteiger partial charge in [-0.3, -0.25) is 0 Å². The summed E-state index contributed by atoms with van der Waals surface area (Å²) < 4.78 is 5.22. The Morgan fingerprint density at radius 2 is 1.88 bits per heavy atom. The summed E-state index contributed by atoms with van der Waals surface area (Å²) in [5.74, 6) is 0. The van der Waals surface area contributed by atoms with Crippen molar-refractivity contribution in [1.82, 2.24) is 5.32 Å². The fourth-order valence-electron chi connectivity index (χ4n) is 1.50. The molecule has 1 rings (SSSR count). The van der Waals surface area contributed by atoms with Crippen molar-refractivity contribution < 1.29 is 9.53 Å². The number of carbonyl (C=O) groups excluding carboxylic acids is 1. The lowest BCUT2D eigenvalue weighted by atomic mass is 9.86. The minimum absolute atomic E-state index is 0.0994. The van der Waals surface area contributed by atoms with E-state index in [1.807, 2.05) is 44.2 Å². The highest BCUT2D eigenvalue weighted by atomic mass is 16.5. The number of hydrogen-bond acceptors (Lipinski definition) is 2. The van der Waals surface area contributed by atoms with E-state index in [9.17, 15) is 4.79 Å². The third-order valence-corrected chi connectivity index (χ3v) is 2.53. The van der Waals surface area contributed by atoms with Gasteiger partial charge in [-0.25, -0.2) is 4.79 Å². The number of rotatable bonds is 4. The molecule has 0 atom stereocenters. The molecular formula is C14H21NO2. The van der Waals surface area contributed by atoms with Crippen molar-refractivity contribution in [2.75, 3.05) is 6.61 Å². The number of nitrogens with one attached hydrogen (secondary N) is 1. The van der Waals surface area contributed by atoms with Crippen molar-refractivity contribution in [2.24, 2.45) is 0 Å². The first kappa shape index (κ1) is 13.6. The standard InChI is InChI=1S/C14H21NO2/c1-11(2)15-13(16)17-10-14(3,4)12-8-6-5-7-9-12/h5-9,11H,10H2,1-4H3,(H,15,16). The van der Waals surface area contributed by atoms with Gasteiger partial charge in [0.15, 0.2) is 0 Å². The molecule has 3 heteroatoms. The summed E-state index contributed by atoms with van der Waals surface area (Å²) in [5, 5.41) is 2.71. The quantitative estimate of drug-likeness (QED) is 0.870. The van der Waals surface area contributed by atoms with Gasteiger partial charge in [0.25, 0.3) is 0 Å². The molecular weight excluding hydrogens is 214 g/mol. The van der Waals surface area contributed by atoms with Crippen LogP contribution in [0.3, 0.4) is 0 Å². The van der Waals surface area contributed by atoms with Crippen LogP contribution in [0.15, 0.2) is 30.3 Å². The first-order valence-corrected chi connectivity index (χ1v) is 5.90. The van der Waals surface area contributed by atoms with Crippen LogP contribution in [0.4, 0.5) is 4.79 Å². The number of amides is 1. The van der Waals surface area contributed by atoms with Gasteiger partial charge in [0.2, 0.25) is 0 Å². The van der Waals surface area contributed by atoms with E-state index in [-0.39, 0.29) is 17.6 Å². The fourth-order valence-corrected chi connectivity index (χ4v) is 1.50. The van der Waals surface area contributed by atoms with Crippen LogP contribution in [0.1, 0.15) is 33.3 Å². The second-order valence-corrected chi connectivity index (χ2v) is 5.13. The lowest BCUT2D eigenvalue weighted by Gasteiger charge is -2.25. The smallest absolute Gasteiger partial charge is 0.407 e. The van der Waals surface area contributed by atoms with E-state index in [4.69, 9.17) is 4.74 Å². The molecule has 0 aromatic heterocycles. The van der Waals surface area contributed by atoms with Crippen LogP contribution in [-0.4, -0.2) is 18.7 Å². The van der Waals surface area contributed by atoms with E-state index in [0.717, 1.165) is 5.56 Å². The molecule has 0 saturated carbocycles. The molecule has 0 unspecified atom stereocenters. The lowest BCUT2D eigenvalue weighted by Crippen LogP contribution is -2.34. The normalized spacial score (nSPS) is 11.4. The Labute approximate surface area is 103 Å². The van der Waals surface area contributed by atoms with Crippen molar-refractivity contribution in [3.05, 3.63) is 35.9 Å². The minimum atomic E-state index is -0.357. The Morgan fingerprint density at radius 3 is 2.41 bits per heavy atom. The van der Waals surface area contributed by atoms with E-state index in [2.05, 4.69) is 19.2 Å². The highest BCUT2D eigenvalue weighted by Crippen LogP contribution is 2.22. The topological polar surface area (TPSA) is 38.3 Å². The molecule has 0 aliphatic carbocycles. The van der Waals surface area contributed by atoms with Gasteiger partial charge < -0.3 is 10.1 Å². The predicted molar refractivity (Wildman–Crippen MR) is 69.1 cm³/mol. The zero-order chi connectivity index (χ0) is 12.9. The molecule has 0 radical (unpaired) electrons. The third-order valence-electron chi connectivity index (χ3n) is 2.53. The molecule has 3 nitrogen and oxygen atoms in total. The third kappa shape index (κ3) is 4.47. The van der Waals surface area contributed by atoms with Crippen molar-refractivity contribution >= 4 is 6.09 Å². The van der Waals surface area contributed by atoms with Crippen LogP contribution < -0.4 is 5.32 Å². The summed E-state index contributed by atoms with van der Waals surface area (Å²) in [5.41, 5.74) is 0.993. The Hall–Kier alpha value is -1.51. The van der Waals surface area contributed by atoms with Crippen molar-refractivity contribution in [3.8, 4) is 0 Å². The molecule has 0 saturated heterocycles. The predicted octanol–water partition coefficient (Wildman–Crippen LogP) is 3.10. The van der Waals surface area contributed by atoms with Gasteiger partial charge in [0, 0.05) is 11.5 Å². The van der Waals surface area contributed by atoms with Crippen LogP contribution in [0.5, 0.6) is 0 Å². The van der Waals surface area contributed by atoms with Crippen LogP contribution >= 0.6 is 0 Å². The molecule has 1 N–H and O–H groups in total. The molecule has 0 aliphatic heterocycles. The molecule has 94 valence electrons. The summed E-state index contributed by atoms with van der Waals surface area (Å²) in [4.78, 5) is 11.4. The first-order valence-electron chi connectivity index (χ1n) is 5.90. The molecule has 0 bridgehead atoms. The largest absolute Gasteiger partial charge is 0.449 e. The molecule has 1 aromatic rings. The molecule has 1 amide bonds. The maximum atomic E-state index is 11.4. The Balaban J connectivity index is 2.53. The van der Waals surface area contributed by atoms with Crippen LogP contribution in [0.2, 0.25) is 0 Å². The highest BCUT2D eigenvalue weighted by molar-refractivity contribution is 5.67. The second-order valence-electron chi connectivity index (χ2n) is 5.13. The van der Waals surface area contributed by atoms with Crippen LogP contribution in [0.25, 0.3) is 0 Å². The van der Waals surface area contributed by atoms with Crippen molar-refractivity contribution in [2.45, 2.75) is 39.2 Å². The molecule has 0 heterocycles. The average Bonchev–Trinajstić information content (AvgIpc) is 2.27. The monoisotopic (exact) mass is 235 g/mol. The van der Waals surface area contributed by atoms with Crippen LogP contribution in [0, 0.1) is 0 Å². The number of benzene rings is 1. The van der Waals surface area contributed by atoms with E-state index < -0.39 is 0 Å². The SMILES string of the molecule is CC(C)NC(=O)OCC(C)(C)c1ccccc1. The maximum Gasteiger partial charge on any atom is 0.407 e. The zero-order valence-corrected chi connectivity index (χ0v) is 11.0. The Morgan fingerprint density at radius 1 is 1.29 bits per heavy atom. The number of alkyl carbamates (subject to hydrolysis) is 1. The van der Waals surface area contributed by atoms with Gasteiger partial charge in [-0.1, -0.05) is 44.2 Å². The van der Waals surface area contributed by atoms with Gasteiger partial charge in [0.1, 0.15) is 6.61 Å². The summed E-state index contributed by atoms with van der Waals surface area (Å²) >= 11 is 0. The van der Waals surface area contributed by atoms with Gasteiger partial charge in [-0.05, 0) is 19.4 Å². The summed E-state index contributed by atoms with van der Waals surface area (Å²) in [6.07, 6.45) is -0.357. The number of ether oxygens (including phenoxy) is 1. The molecule has 0 fully saturated rings. The molecule has 17 heavy (non-hydrogen) atoms. The summed E-state index contributed by atoms with van der Waals surface area (Å²) in [6, 6.07) is 10.2.